The minimum absolute atomic E-state index is 0.341. The van der Waals surface area contributed by atoms with Crippen LogP contribution < -0.4 is 5.56 Å². The lowest BCUT2D eigenvalue weighted by molar-refractivity contribution is 0.190. The van der Waals surface area contributed by atoms with E-state index in [0.717, 1.165) is 21.1 Å². The number of benzene rings is 1. The second kappa shape index (κ2) is 3.09. The van der Waals surface area contributed by atoms with Crippen molar-refractivity contribution in [2.24, 2.45) is 0 Å². The Labute approximate surface area is 95.1 Å². The molecule has 1 N–H and O–H groups in total. The molecule has 3 aromatic rings. The van der Waals surface area contributed by atoms with Gasteiger partial charge in [0, 0.05) is 10.8 Å². The number of aromatic nitrogens is 1. The molecule has 2 heterocycles. The number of thiophene rings is 1. The van der Waals surface area contributed by atoms with Crippen molar-refractivity contribution < 1.29 is 5.21 Å². The normalized spacial score (nSPS) is 11.3. The summed E-state index contributed by atoms with van der Waals surface area (Å²) in [5, 5.41) is 13.6. The Morgan fingerprint density at radius 1 is 1.25 bits per heavy atom. The zero-order chi connectivity index (χ0) is 11.3. The van der Waals surface area contributed by atoms with Gasteiger partial charge in [0.2, 0.25) is 0 Å². The van der Waals surface area contributed by atoms with Crippen LogP contribution in [0.5, 0.6) is 0 Å². The summed E-state index contributed by atoms with van der Waals surface area (Å²) in [6, 6.07) is 7.65. The predicted molar refractivity (Wildman–Crippen MR) is 65.5 cm³/mol. The van der Waals surface area contributed by atoms with Gasteiger partial charge in [-0.3, -0.25) is 4.79 Å². The molecule has 2 aromatic heterocycles. The zero-order valence-electron chi connectivity index (χ0n) is 8.60. The highest BCUT2D eigenvalue weighted by atomic mass is 32.1. The molecule has 0 fully saturated rings. The van der Waals surface area contributed by atoms with Crippen molar-refractivity contribution >= 4 is 32.3 Å². The van der Waals surface area contributed by atoms with E-state index in [4.69, 9.17) is 0 Å². The third kappa shape index (κ3) is 1.05. The minimum atomic E-state index is -0.341. The number of aryl methyl sites for hydroxylation is 1. The van der Waals surface area contributed by atoms with Gasteiger partial charge in [0.1, 0.15) is 4.70 Å². The number of hydrogen-bond donors (Lipinski definition) is 1. The van der Waals surface area contributed by atoms with Crippen molar-refractivity contribution in [1.29, 1.82) is 0 Å². The first-order chi connectivity index (χ1) is 7.70. The number of rotatable bonds is 0. The van der Waals surface area contributed by atoms with Gasteiger partial charge in [-0.25, -0.2) is 0 Å². The maximum absolute atomic E-state index is 11.9. The highest BCUT2D eigenvalue weighted by Crippen LogP contribution is 2.27. The Morgan fingerprint density at radius 3 is 2.88 bits per heavy atom. The molecule has 3 nitrogen and oxygen atoms in total. The lowest BCUT2D eigenvalue weighted by Crippen LogP contribution is -2.17. The zero-order valence-corrected chi connectivity index (χ0v) is 9.41. The monoisotopic (exact) mass is 231 g/mol. The van der Waals surface area contributed by atoms with Crippen LogP contribution in [0.4, 0.5) is 0 Å². The molecule has 3 rings (SSSR count). The molecule has 0 aliphatic carbocycles. The summed E-state index contributed by atoms with van der Waals surface area (Å²) in [5.74, 6) is 0. The SMILES string of the molecule is Cc1cccc2c3ccsc3c(=O)n(O)c12. The largest absolute Gasteiger partial charge is 0.425 e. The fraction of sp³-hybridized carbons (Fsp3) is 0.0833. The molecule has 80 valence electrons. The number of hydrogen-bond acceptors (Lipinski definition) is 3. The lowest BCUT2D eigenvalue weighted by atomic mass is 10.1. The van der Waals surface area contributed by atoms with Crippen molar-refractivity contribution in [2.45, 2.75) is 6.92 Å². The van der Waals surface area contributed by atoms with Crippen LogP contribution in [-0.2, 0) is 0 Å². The molecule has 0 unspecified atom stereocenters. The fourth-order valence-electron chi connectivity index (χ4n) is 2.04. The van der Waals surface area contributed by atoms with Gasteiger partial charge in [-0.15, -0.1) is 16.1 Å². The predicted octanol–water partition coefficient (Wildman–Crippen LogP) is 2.76. The van der Waals surface area contributed by atoms with Crippen molar-refractivity contribution in [3.63, 3.8) is 0 Å². The van der Waals surface area contributed by atoms with Crippen LogP contribution in [0.25, 0.3) is 21.0 Å². The van der Waals surface area contributed by atoms with Crippen LogP contribution in [-0.4, -0.2) is 9.94 Å². The van der Waals surface area contributed by atoms with E-state index in [0.29, 0.717) is 10.2 Å². The summed E-state index contributed by atoms with van der Waals surface area (Å²) in [7, 11) is 0. The van der Waals surface area contributed by atoms with Gasteiger partial charge >= 0.3 is 5.56 Å². The molecule has 0 bridgehead atoms. The molecule has 0 amide bonds. The van der Waals surface area contributed by atoms with Crippen LogP contribution in [0, 0.1) is 6.92 Å². The molecule has 1 aromatic carbocycles. The van der Waals surface area contributed by atoms with Crippen molar-refractivity contribution in [3.8, 4) is 0 Å². The van der Waals surface area contributed by atoms with Gasteiger partial charge < -0.3 is 5.21 Å². The van der Waals surface area contributed by atoms with E-state index >= 15 is 0 Å². The third-order valence-electron chi connectivity index (χ3n) is 2.79. The van der Waals surface area contributed by atoms with Crippen LogP contribution in [0.3, 0.4) is 0 Å². The molecular formula is C12H9NO2S. The molecule has 16 heavy (non-hydrogen) atoms. The van der Waals surface area contributed by atoms with Crippen molar-refractivity contribution in [3.05, 3.63) is 45.6 Å². The first-order valence-electron chi connectivity index (χ1n) is 4.91. The second-order valence-electron chi connectivity index (χ2n) is 3.75. The van der Waals surface area contributed by atoms with Gasteiger partial charge in [-0.2, -0.15) is 0 Å². The van der Waals surface area contributed by atoms with Gasteiger partial charge in [0.25, 0.3) is 0 Å². The van der Waals surface area contributed by atoms with Crippen LogP contribution >= 0.6 is 11.3 Å². The van der Waals surface area contributed by atoms with Gasteiger partial charge in [0.15, 0.2) is 0 Å². The molecule has 4 heteroatoms. The molecule has 0 saturated heterocycles. The van der Waals surface area contributed by atoms with Crippen LogP contribution in [0.2, 0.25) is 0 Å². The first kappa shape index (κ1) is 9.42. The average Bonchev–Trinajstić information content (AvgIpc) is 2.74. The van der Waals surface area contributed by atoms with E-state index in [1.807, 2.05) is 36.6 Å². The standard InChI is InChI=1S/C12H9NO2S/c1-7-3-2-4-8-9-5-6-16-11(9)12(14)13(15)10(7)8/h2-6,15H,1H3. The highest BCUT2D eigenvalue weighted by Gasteiger charge is 2.11. The first-order valence-corrected chi connectivity index (χ1v) is 5.79. The Balaban J connectivity index is 2.77. The fourth-order valence-corrected chi connectivity index (χ4v) is 2.87. The summed E-state index contributed by atoms with van der Waals surface area (Å²) in [6.45, 7) is 1.88. The number of nitrogens with zero attached hydrogens (tertiary/aromatic N) is 1. The van der Waals surface area contributed by atoms with E-state index < -0.39 is 0 Å². The summed E-state index contributed by atoms with van der Waals surface area (Å²) in [6.07, 6.45) is 0. The van der Waals surface area contributed by atoms with Gasteiger partial charge in [-0.05, 0) is 23.9 Å². The number of pyridine rings is 1. The van der Waals surface area contributed by atoms with Crippen LogP contribution in [0.15, 0.2) is 34.4 Å². The Kier molecular flexibility index (Phi) is 1.82. The quantitative estimate of drug-likeness (QED) is 0.604. The topological polar surface area (TPSA) is 42.2 Å². The van der Waals surface area contributed by atoms with E-state index in [2.05, 4.69) is 0 Å². The average molecular weight is 231 g/mol. The maximum atomic E-state index is 11.9. The summed E-state index contributed by atoms with van der Waals surface area (Å²) in [5.41, 5.74) is 1.15. The Bertz CT molecular complexity index is 755. The van der Waals surface area contributed by atoms with Gasteiger partial charge in [-0.1, -0.05) is 18.2 Å². The molecule has 0 radical (unpaired) electrons. The van der Waals surface area contributed by atoms with Gasteiger partial charge in [0.05, 0.1) is 5.52 Å². The molecule has 0 saturated carbocycles. The number of para-hydroxylation sites is 1. The highest BCUT2D eigenvalue weighted by molar-refractivity contribution is 7.17. The Morgan fingerprint density at radius 2 is 2.06 bits per heavy atom. The van der Waals surface area contributed by atoms with E-state index in [1.54, 1.807) is 0 Å². The summed E-state index contributed by atoms with van der Waals surface area (Å²) in [4.78, 5) is 11.9. The van der Waals surface area contributed by atoms with Crippen molar-refractivity contribution in [1.82, 2.24) is 4.73 Å². The molecule has 0 spiro atoms. The molecular weight excluding hydrogens is 222 g/mol. The molecule has 0 aliphatic rings. The second-order valence-corrected chi connectivity index (χ2v) is 4.67. The third-order valence-corrected chi connectivity index (χ3v) is 3.69. The smallest absolute Gasteiger partial charge is 0.301 e. The molecule has 0 aliphatic heterocycles. The minimum Gasteiger partial charge on any atom is -0.425 e. The van der Waals surface area contributed by atoms with E-state index in [-0.39, 0.29) is 5.56 Å². The summed E-state index contributed by atoms with van der Waals surface area (Å²) >= 11 is 1.36. The Hall–Kier alpha value is -1.81. The van der Waals surface area contributed by atoms with Crippen molar-refractivity contribution in [2.75, 3.05) is 0 Å². The summed E-state index contributed by atoms with van der Waals surface area (Å²) < 4.78 is 1.35. The lowest BCUT2D eigenvalue weighted by Gasteiger charge is -2.07. The molecule has 0 atom stereocenters. The van der Waals surface area contributed by atoms with E-state index in [9.17, 15) is 10.0 Å². The number of fused-ring (bicyclic) bond motifs is 3. The maximum Gasteiger partial charge on any atom is 0.301 e. The van der Waals surface area contributed by atoms with Crippen LogP contribution in [0.1, 0.15) is 5.56 Å². The van der Waals surface area contributed by atoms with E-state index in [1.165, 1.54) is 11.3 Å².